The van der Waals surface area contributed by atoms with Crippen LogP contribution < -0.4 is 0 Å². The highest BCUT2D eigenvalue weighted by molar-refractivity contribution is 5.87. The largest absolute Gasteiger partial charge is 0.463 e. The average Bonchev–Trinajstić information content (AvgIpc) is 2.13. The molecule has 0 heterocycles. The van der Waals surface area contributed by atoms with Crippen molar-refractivity contribution in [2.45, 2.75) is 268 Å². The van der Waals surface area contributed by atoms with E-state index in [2.05, 4.69) is 91.6 Å². The molecule has 0 aromatic carbocycles. The summed E-state index contributed by atoms with van der Waals surface area (Å²) in [6.07, 6.45) is 40.4. The molecule has 0 saturated heterocycles. The third-order valence-electron chi connectivity index (χ3n) is 13.0. The Hall–Kier alpha value is -6.25. The van der Waals surface area contributed by atoms with E-state index in [1.807, 2.05) is 13.8 Å². The van der Waals surface area contributed by atoms with Gasteiger partial charge in [0.2, 0.25) is 0 Å². The maximum absolute atomic E-state index is 11.0. The van der Waals surface area contributed by atoms with Crippen molar-refractivity contribution >= 4 is 41.8 Å². The van der Waals surface area contributed by atoms with Gasteiger partial charge in [-0.2, -0.15) is 0 Å². The topological polar surface area (TPSA) is 230 Å². The lowest BCUT2D eigenvalue weighted by molar-refractivity contribution is -0.140. The van der Waals surface area contributed by atoms with Crippen LogP contribution >= 0.6 is 0 Å². The number of hydrogen-bond donors (Lipinski definition) is 0. The third kappa shape index (κ3) is 130. The lowest BCUT2D eigenvalue weighted by atomic mass is 10.1. The van der Waals surface area contributed by atoms with E-state index in [0.717, 1.165) is 148 Å². The van der Waals surface area contributed by atoms with Gasteiger partial charge in [0.15, 0.2) is 0 Å². The molecule has 19 heteroatoms. The van der Waals surface area contributed by atoms with E-state index in [0.29, 0.717) is 69.6 Å². The van der Waals surface area contributed by atoms with Crippen molar-refractivity contribution in [2.75, 3.05) is 115 Å². The number of allylic oxidation sites excluding steroid dienone is 1. The van der Waals surface area contributed by atoms with E-state index >= 15 is 0 Å². The number of esters is 7. The first-order valence-corrected chi connectivity index (χ1v) is 37.2. The molecule has 0 unspecified atom stereocenters. The Kier molecular flexibility index (Phi) is 116. The molecule has 0 saturated carbocycles. The summed E-state index contributed by atoms with van der Waals surface area (Å²) in [6, 6.07) is 0. The Morgan fingerprint density at radius 3 is 0.657 bits per heavy atom. The molecule has 0 fully saturated rings. The van der Waals surface area contributed by atoms with Gasteiger partial charge in [0.1, 0.15) is 0 Å². The third-order valence-corrected chi connectivity index (χ3v) is 13.0. The zero-order valence-corrected chi connectivity index (χ0v) is 67.5. The van der Waals surface area contributed by atoms with Crippen molar-refractivity contribution in [3.05, 3.63) is 111 Å². The number of carbonyl (C=O) groups is 7. The first-order valence-electron chi connectivity index (χ1n) is 37.2. The highest BCUT2D eigenvalue weighted by Gasteiger charge is 2.05. The Bertz CT molecular complexity index is 2010. The molecule has 598 valence electrons. The Morgan fingerprint density at radius 2 is 0.422 bits per heavy atom. The first kappa shape index (κ1) is 114. The standard InChI is InChI=1S/C13H24O3.C11H20O3.C10H18O2.C10H20O.C9H16O3.C9H16O2.C8H14O2.C7H12O2.C6H12O/c1-12(2)13(14)16-11-9-7-5-4-6-8-10-15-3;1-10(2)11(12)14-9-7-5-4-6-8-13-3;1-3-5-6-7-8-9-12-10(11)4-2;1-10(2)8-6-4-5-7-9-11-3;1-8(2)9(10)12-7-5-4-6-11-3;1-3-5-6-7-8-11-9(10)4-2;1-3-5-6-7-10-8(9)4-2;1-3-5-6-9-7(8)4-2;1-6(2)4-5-7-3/h1,4-11H2,2-3H3;1,4-9H2,2-3H3;4H,2-3,5-9H2,1H3;1,4-9H2,2-3H3;1,4-7H2,2-3H3;4H,2-3,5-8H2,1H3;4H,2-3,5-7H2,1H3;4H,2-3,5-6H2,1H3;1,4-5H2,2-3H3. The average molecular weight is 1450 g/mol. The zero-order valence-electron chi connectivity index (χ0n) is 67.5. The molecule has 0 spiro atoms. The molecule has 0 rings (SSSR count). The molecular weight excluding hydrogens is 1300 g/mol. The summed E-state index contributed by atoms with van der Waals surface area (Å²) in [7, 11) is 8.54. The van der Waals surface area contributed by atoms with E-state index in [4.69, 9.17) is 52.1 Å². The van der Waals surface area contributed by atoms with Gasteiger partial charge in [0.25, 0.3) is 0 Å². The van der Waals surface area contributed by atoms with Crippen LogP contribution in [0.3, 0.4) is 0 Å². The molecule has 19 nitrogen and oxygen atoms in total. The normalized spacial score (nSPS) is 9.47. The minimum atomic E-state index is -0.330. The Balaban J connectivity index is -0.000000137. The van der Waals surface area contributed by atoms with Gasteiger partial charge in [0.05, 0.1) is 46.2 Å². The maximum Gasteiger partial charge on any atom is 0.333 e. The van der Waals surface area contributed by atoms with E-state index in [1.54, 1.807) is 56.3 Å². The minimum Gasteiger partial charge on any atom is -0.463 e. The lowest BCUT2D eigenvalue weighted by Crippen LogP contribution is -2.06. The van der Waals surface area contributed by atoms with Gasteiger partial charge in [-0.3, -0.25) is 0 Å². The molecular formula is C83H152O19. The van der Waals surface area contributed by atoms with Crippen LogP contribution in [-0.4, -0.2) is 157 Å². The smallest absolute Gasteiger partial charge is 0.333 e. The van der Waals surface area contributed by atoms with Crippen LogP contribution in [0.1, 0.15) is 268 Å². The maximum atomic E-state index is 11.0. The van der Waals surface area contributed by atoms with Crippen molar-refractivity contribution in [1.82, 2.24) is 0 Å². The first-order chi connectivity index (χ1) is 48.8. The molecule has 0 atom stereocenters. The molecule has 0 aromatic rings. The fraction of sp³-hybridized carbons (Fsp3) is 0.699. The van der Waals surface area contributed by atoms with Gasteiger partial charge < -0.3 is 56.8 Å². The van der Waals surface area contributed by atoms with Gasteiger partial charge in [-0.05, 0) is 131 Å². The number of hydrogen-bond acceptors (Lipinski definition) is 19. The van der Waals surface area contributed by atoms with Crippen molar-refractivity contribution in [3.8, 4) is 0 Å². The number of carbonyl (C=O) groups excluding carboxylic acids is 7. The number of unbranched alkanes of at least 4 members (excludes halogenated alkanes) is 22. The molecule has 102 heavy (non-hydrogen) atoms. The Morgan fingerprint density at radius 1 is 0.235 bits per heavy atom. The minimum absolute atomic E-state index is 0.278. The van der Waals surface area contributed by atoms with Crippen LogP contribution in [0.25, 0.3) is 0 Å². The van der Waals surface area contributed by atoms with Crippen LogP contribution in [0.15, 0.2) is 111 Å². The van der Waals surface area contributed by atoms with Gasteiger partial charge in [-0.25, -0.2) is 33.6 Å². The Labute approximate surface area is 623 Å². The number of rotatable bonds is 56. The summed E-state index contributed by atoms with van der Waals surface area (Å²) in [4.78, 5) is 74.6. The summed E-state index contributed by atoms with van der Waals surface area (Å²) < 4.78 is 58.3. The van der Waals surface area contributed by atoms with Crippen LogP contribution in [0.5, 0.6) is 0 Å². The molecule has 0 aliphatic heterocycles. The number of methoxy groups -OCH3 is 5. The monoisotopic (exact) mass is 1450 g/mol. The van der Waals surface area contributed by atoms with Gasteiger partial charge in [-0.1, -0.05) is 194 Å². The van der Waals surface area contributed by atoms with E-state index < -0.39 is 0 Å². The van der Waals surface area contributed by atoms with Crippen molar-refractivity contribution in [3.63, 3.8) is 0 Å². The van der Waals surface area contributed by atoms with Crippen molar-refractivity contribution < 1.29 is 90.4 Å². The van der Waals surface area contributed by atoms with Gasteiger partial charge >= 0.3 is 41.8 Å². The zero-order chi connectivity index (χ0) is 79.4. The molecule has 0 N–H and O–H groups in total. The van der Waals surface area contributed by atoms with E-state index in [9.17, 15) is 33.6 Å². The fourth-order valence-electron chi connectivity index (χ4n) is 6.93. The van der Waals surface area contributed by atoms with Gasteiger partial charge in [0, 0.05) is 110 Å². The van der Waals surface area contributed by atoms with Crippen molar-refractivity contribution in [2.24, 2.45) is 0 Å². The fourth-order valence-corrected chi connectivity index (χ4v) is 6.93. The highest BCUT2D eigenvalue weighted by Crippen LogP contribution is 2.09. The number of ether oxygens (including phenoxy) is 12. The summed E-state index contributed by atoms with van der Waals surface area (Å²) in [5.41, 5.74) is 3.87. The molecule has 0 aromatic heterocycles. The SMILES string of the molecule is C=C(C)C(=O)OCCCCCCCCOC.C=C(C)C(=O)OCCCCCCOC.C=C(C)C(=O)OCCCCOC.C=C(C)CCCCCCOC.C=C(C)CCOC.C=CC(=O)OCCCC.C=CC(=O)OCCCCC.C=CC(=O)OCCCCCC.C=CC(=O)OCCCCCCC. The summed E-state index contributed by atoms with van der Waals surface area (Å²) >= 11 is 0. The van der Waals surface area contributed by atoms with Crippen LogP contribution in [0.2, 0.25) is 0 Å². The second-order valence-corrected chi connectivity index (χ2v) is 23.8. The van der Waals surface area contributed by atoms with E-state index in [-0.39, 0.29) is 41.8 Å². The molecule has 0 bridgehead atoms. The second kappa shape index (κ2) is 103. The van der Waals surface area contributed by atoms with Gasteiger partial charge in [-0.15, -0.1) is 13.2 Å². The van der Waals surface area contributed by atoms with Crippen LogP contribution in [-0.2, 0) is 90.4 Å². The molecule has 0 radical (unpaired) electrons. The quantitative estimate of drug-likeness (QED) is 0.0181. The predicted octanol–water partition coefficient (Wildman–Crippen LogP) is 20.1. The second-order valence-electron chi connectivity index (χ2n) is 23.8. The lowest BCUT2D eigenvalue weighted by Gasteiger charge is -2.04. The van der Waals surface area contributed by atoms with Crippen LogP contribution in [0.4, 0.5) is 0 Å². The van der Waals surface area contributed by atoms with Crippen LogP contribution in [0, 0.1) is 0 Å². The molecule has 0 aliphatic carbocycles. The van der Waals surface area contributed by atoms with E-state index in [1.165, 1.54) is 119 Å². The molecule has 0 aliphatic rings. The summed E-state index contributed by atoms with van der Waals surface area (Å²) in [5, 5.41) is 0. The van der Waals surface area contributed by atoms with Crippen molar-refractivity contribution in [1.29, 1.82) is 0 Å². The molecule has 0 amide bonds. The predicted molar refractivity (Wildman–Crippen MR) is 421 cm³/mol. The summed E-state index contributed by atoms with van der Waals surface area (Å²) in [5.74, 6) is -2.17. The highest BCUT2D eigenvalue weighted by atomic mass is 16.6. The summed E-state index contributed by atoms with van der Waals surface area (Å²) in [6.45, 7) is 56.4.